The SMILES string of the molecule is CCOc1c(Cl)cc(C=CC(=O)c2ccc(OC(F)F)cc2)cc1OC. The zero-order valence-corrected chi connectivity index (χ0v) is 14.9. The smallest absolute Gasteiger partial charge is 0.387 e. The molecule has 0 radical (unpaired) electrons. The Morgan fingerprint density at radius 2 is 1.92 bits per heavy atom. The van der Waals surface area contributed by atoms with Crippen LogP contribution < -0.4 is 14.2 Å². The normalized spacial score (nSPS) is 11.0. The van der Waals surface area contributed by atoms with Crippen molar-refractivity contribution in [2.75, 3.05) is 13.7 Å². The topological polar surface area (TPSA) is 44.8 Å². The third-order valence-corrected chi connectivity index (χ3v) is 3.61. The standard InChI is InChI=1S/C19H17ClF2O4/c1-3-25-18-15(20)10-12(11-17(18)24-2)4-9-16(23)13-5-7-14(8-6-13)26-19(21)22/h4-11,19H,3H2,1-2H3. The quantitative estimate of drug-likeness (QED) is 0.462. The zero-order valence-electron chi connectivity index (χ0n) is 14.2. The van der Waals surface area contributed by atoms with Gasteiger partial charge in [-0.25, -0.2) is 0 Å². The molecule has 4 nitrogen and oxygen atoms in total. The average Bonchev–Trinajstić information content (AvgIpc) is 2.61. The summed E-state index contributed by atoms with van der Waals surface area (Å²) in [6.45, 7) is -0.634. The largest absolute Gasteiger partial charge is 0.493 e. The molecule has 0 aliphatic heterocycles. The first-order valence-electron chi connectivity index (χ1n) is 7.72. The van der Waals surface area contributed by atoms with Crippen LogP contribution >= 0.6 is 11.6 Å². The highest BCUT2D eigenvalue weighted by Crippen LogP contribution is 2.36. The van der Waals surface area contributed by atoms with E-state index in [0.717, 1.165) is 0 Å². The van der Waals surface area contributed by atoms with Gasteiger partial charge in [0, 0.05) is 5.56 Å². The summed E-state index contributed by atoms with van der Waals surface area (Å²) in [6.07, 6.45) is 2.93. The van der Waals surface area contributed by atoms with Crippen molar-refractivity contribution in [3.63, 3.8) is 0 Å². The van der Waals surface area contributed by atoms with Gasteiger partial charge in [-0.2, -0.15) is 8.78 Å². The minimum atomic E-state index is -2.91. The summed E-state index contributed by atoms with van der Waals surface area (Å²) in [6, 6.07) is 8.79. The van der Waals surface area contributed by atoms with Gasteiger partial charge in [-0.05, 0) is 55.0 Å². The molecule has 0 amide bonds. The van der Waals surface area contributed by atoms with Crippen LogP contribution in [0.25, 0.3) is 6.08 Å². The summed E-state index contributed by atoms with van der Waals surface area (Å²) in [5.41, 5.74) is 0.994. The van der Waals surface area contributed by atoms with Gasteiger partial charge in [0.1, 0.15) is 5.75 Å². The number of hydrogen-bond donors (Lipinski definition) is 0. The maximum atomic E-state index is 12.2. The van der Waals surface area contributed by atoms with Gasteiger partial charge in [0.15, 0.2) is 17.3 Å². The average molecular weight is 383 g/mol. The Morgan fingerprint density at radius 1 is 1.23 bits per heavy atom. The fraction of sp³-hybridized carbons (Fsp3) is 0.211. The van der Waals surface area contributed by atoms with Crippen LogP contribution in [0.15, 0.2) is 42.5 Å². The molecule has 0 aliphatic carbocycles. The van der Waals surface area contributed by atoms with Crippen LogP contribution in [0.4, 0.5) is 8.78 Å². The molecule has 0 saturated carbocycles. The molecule has 0 saturated heterocycles. The summed E-state index contributed by atoms with van der Waals surface area (Å²) >= 11 is 6.18. The van der Waals surface area contributed by atoms with E-state index in [0.29, 0.717) is 34.3 Å². The molecule has 2 aromatic carbocycles. The second-order valence-electron chi connectivity index (χ2n) is 5.07. The second kappa shape index (κ2) is 9.20. The molecule has 0 N–H and O–H groups in total. The molecule has 2 rings (SSSR count). The summed E-state index contributed by atoms with van der Waals surface area (Å²) in [5.74, 6) is 0.593. The van der Waals surface area contributed by atoms with Crippen molar-refractivity contribution in [1.82, 2.24) is 0 Å². The lowest BCUT2D eigenvalue weighted by molar-refractivity contribution is -0.0498. The summed E-state index contributed by atoms with van der Waals surface area (Å²) in [5, 5.41) is 0.367. The predicted octanol–water partition coefficient (Wildman–Crippen LogP) is 5.24. The third kappa shape index (κ3) is 5.20. The highest BCUT2D eigenvalue weighted by molar-refractivity contribution is 6.32. The molecule has 0 aliphatic rings. The fourth-order valence-corrected chi connectivity index (χ4v) is 2.46. The number of ketones is 1. The molecule has 2 aromatic rings. The molecule has 138 valence electrons. The number of rotatable bonds is 8. The maximum absolute atomic E-state index is 12.2. The van der Waals surface area contributed by atoms with Crippen molar-refractivity contribution in [2.24, 2.45) is 0 Å². The number of carbonyl (C=O) groups excluding carboxylic acids is 1. The minimum absolute atomic E-state index is 0.0106. The molecule has 0 fully saturated rings. The van der Waals surface area contributed by atoms with Gasteiger partial charge in [0.2, 0.25) is 0 Å². The number of alkyl halides is 2. The Hall–Kier alpha value is -2.60. The molecule has 26 heavy (non-hydrogen) atoms. The lowest BCUT2D eigenvalue weighted by Gasteiger charge is -2.11. The number of allylic oxidation sites excluding steroid dienone is 1. The molecule has 0 bridgehead atoms. The van der Waals surface area contributed by atoms with Gasteiger partial charge in [0.25, 0.3) is 0 Å². The Morgan fingerprint density at radius 3 is 2.50 bits per heavy atom. The van der Waals surface area contributed by atoms with Gasteiger partial charge < -0.3 is 14.2 Å². The van der Waals surface area contributed by atoms with Crippen molar-refractivity contribution in [3.05, 3.63) is 58.6 Å². The fourth-order valence-electron chi connectivity index (χ4n) is 2.19. The molecular weight excluding hydrogens is 366 g/mol. The predicted molar refractivity (Wildman–Crippen MR) is 95.6 cm³/mol. The second-order valence-corrected chi connectivity index (χ2v) is 5.47. The summed E-state index contributed by atoms with van der Waals surface area (Å²) in [7, 11) is 1.50. The Kier molecular flexibility index (Phi) is 6.97. The van der Waals surface area contributed by atoms with Gasteiger partial charge in [-0.3, -0.25) is 4.79 Å². The highest BCUT2D eigenvalue weighted by atomic mass is 35.5. The number of carbonyl (C=O) groups is 1. The summed E-state index contributed by atoms with van der Waals surface area (Å²) in [4.78, 5) is 12.2. The van der Waals surface area contributed by atoms with Crippen LogP contribution in [-0.2, 0) is 0 Å². The number of methoxy groups -OCH3 is 1. The summed E-state index contributed by atoms with van der Waals surface area (Å²) < 4.78 is 39.2. The van der Waals surface area contributed by atoms with E-state index < -0.39 is 6.61 Å². The van der Waals surface area contributed by atoms with E-state index in [4.69, 9.17) is 21.1 Å². The lowest BCUT2D eigenvalue weighted by atomic mass is 10.1. The van der Waals surface area contributed by atoms with Crippen LogP contribution in [0.5, 0.6) is 17.2 Å². The first-order valence-corrected chi connectivity index (χ1v) is 8.10. The highest BCUT2D eigenvalue weighted by Gasteiger charge is 2.11. The van der Waals surface area contributed by atoms with E-state index in [-0.39, 0.29) is 11.5 Å². The van der Waals surface area contributed by atoms with Crippen molar-refractivity contribution in [2.45, 2.75) is 13.5 Å². The van der Waals surface area contributed by atoms with Crippen molar-refractivity contribution >= 4 is 23.5 Å². The Balaban J connectivity index is 2.16. The third-order valence-electron chi connectivity index (χ3n) is 3.33. The van der Waals surface area contributed by atoms with Gasteiger partial charge >= 0.3 is 6.61 Å². The Bertz CT molecular complexity index is 789. The zero-order chi connectivity index (χ0) is 19.1. The van der Waals surface area contributed by atoms with E-state index >= 15 is 0 Å². The molecule has 0 atom stereocenters. The van der Waals surface area contributed by atoms with Crippen molar-refractivity contribution in [1.29, 1.82) is 0 Å². The van der Waals surface area contributed by atoms with Crippen molar-refractivity contribution in [3.8, 4) is 17.2 Å². The number of ether oxygens (including phenoxy) is 3. The van der Waals surface area contributed by atoms with Crippen LogP contribution in [0.2, 0.25) is 5.02 Å². The van der Waals surface area contributed by atoms with E-state index in [9.17, 15) is 13.6 Å². The van der Waals surface area contributed by atoms with Gasteiger partial charge in [-0.15, -0.1) is 0 Å². The molecule has 7 heteroatoms. The van der Waals surface area contributed by atoms with Crippen LogP contribution in [0.1, 0.15) is 22.8 Å². The monoisotopic (exact) mass is 382 g/mol. The molecule has 0 aromatic heterocycles. The first-order chi connectivity index (χ1) is 12.4. The molecular formula is C19H17ClF2O4. The van der Waals surface area contributed by atoms with E-state index in [1.54, 1.807) is 18.2 Å². The first kappa shape index (κ1) is 19.7. The van der Waals surface area contributed by atoms with Gasteiger partial charge in [0.05, 0.1) is 18.7 Å². The van der Waals surface area contributed by atoms with Gasteiger partial charge in [-0.1, -0.05) is 17.7 Å². The Labute approximate surface area is 154 Å². The van der Waals surface area contributed by atoms with Crippen LogP contribution in [0, 0.1) is 0 Å². The lowest BCUT2D eigenvalue weighted by Crippen LogP contribution is -2.02. The molecule has 0 unspecified atom stereocenters. The number of benzene rings is 2. The van der Waals surface area contributed by atoms with Crippen LogP contribution in [-0.4, -0.2) is 26.1 Å². The van der Waals surface area contributed by atoms with E-state index in [1.807, 2.05) is 6.92 Å². The van der Waals surface area contributed by atoms with Crippen LogP contribution in [0.3, 0.4) is 0 Å². The number of hydrogen-bond acceptors (Lipinski definition) is 4. The van der Waals surface area contributed by atoms with E-state index in [2.05, 4.69) is 4.74 Å². The molecule has 0 heterocycles. The maximum Gasteiger partial charge on any atom is 0.387 e. The van der Waals surface area contributed by atoms with Crippen molar-refractivity contribution < 1.29 is 27.8 Å². The molecule has 0 spiro atoms. The number of halogens is 3. The van der Waals surface area contributed by atoms with E-state index in [1.165, 1.54) is 37.5 Å². The minimum Gasteiger partial charge on any atom is -0.493 e.